The Balaban J connectivity index is 2.05. The van der Waals surface area contributed by atoms with Gasteiger partial charge in [0, 0.05) is 32.7 Å². The molecule has 1 N–H and O–H groups in total. The Labute approximate surface area is 112 Å². The van der Waals surface area contributed by atoms with Gasteiger partial charge in [0.2, 0.25) is 0 Å². The molecule has 0 saturated carbocycles. The number of halogens is 4. The molecule has 6 heteroatoms. The van der Waals surface area contributed by atoms with E-state index in [1.54, 1.807) is 0 Å². The molecule has 0 radical (unpaired) electrons. The van der Waals surface area contributed by atoms with Crippen molar-refractivity contribution in [3.05, 3.63) is 33.6 Å². The van der Waals surface area contributed by atoms with E-state index in [-0.39, 0.29) is 10.0 Å². The van der Waals surface area contributed by atoms with Gasteiger partial charge in [-0.25, -0.2) is 13.2 Å². The molecule has 0 aromatic heterocycles. The monoisotopic (exact) mass is 322 g/mol. The first-order chi connectivity index (χ1) is 8.59. The average Bonchev–Trinajstić information content (AvgIpc) is 2.40. The Morgan fingerprint density at radius 2 is 1.78 bits per heavy atom. The van der Waals surface area contributed by atoms with Crippen LogP contribution in [0.3, 0.4) is 0 Å². The fourth-order valence-corrected chi connectivity index (χ4v) is 2.47. The second kappa shape index (κ2) is 6.04. The maximum absolute atomic E-state index is 13.5. The van der Waals surface area contributed by atoms with Gasteiger partial charge in [-0.05, 0) is 34.0 Å². The molecule has 1 aromatic carbocycles. The molecule has 100 valence electrons. The number of piperazine rings is 1. The lowest BCUT2D eigenvalue weighted by Crippen LogP contribution is -2.44. The van der Waals surface area contributed by atoms with E-state index in [9.17, 15) is 13.2 Å². The van der Waals surface area contributed by atoms with E-state index in [4.69, 9.17) is 0 Å². The van der Waals surface area contributed by atoms with Crippen LogP contribution in [0, 0.1) is 17.5 Å². The highest BCUT2D eigenvalue weighted by Gasteiger charge is 2.18. The molecule has 0 atom stereocenters. The molecule has 0 amide bonds. The van der Waals surface area contributed by atoms with Gasteiger partial charge in [0.1, 0.15) is 0 Å². The van der Waals surface area contributed by atoms with Crippen molar-refractivity contribution in [2.45, 2.75) is 6.42 Å². The predicted molar refractivity (Wildman–Crippen MR) is 67.0 cm³/mol. The molecule has 2 nitrogen and oxygen atoms in total. The molecule has 0 aliphatic carbocycles. The van der Waals surface area contributed by atoms with Crippen LogP contribution in [0.25, 0.3) is 0 Å². The summed E-state index contributed by atoms with van der Waals surface area (Å²) in [6.45, 7) is 4.25. The third-order valence-electron chi connectivity index (χ3n) is 3.08. The highest BCUT2D eigenvalue weighted by atomic mass is 79.9. The fraction of sp³-hybridized carbons (Fsp3) is 0.500. The standard InChI is InChI=1S/C12H14BrF3N2/c13-9-7-8(10(14)12(16)11(9)15)1-4-18-5-2-17-3-6-18/h7,17H,1-6H2. The van der Waals surface area contributed by atoms with Crippen LogP contribution in [0.1, 0.15) is 5.56 Å². The summed E-state index contributed by atoms with van der Waals surface area (Å²) in [6, 6.07) is 1.32. The van der Waals surface area contributed by atoms with Crippen LogP contribution in [0.2, 0.25) is 0 Å². The number of hydrogen-bond acceptors (Lipinski definition) is 2. The highest BCUT2D eigenvalue weighted by Crippen LogP contribution is 2.24. The van der Waals surface area contributed by atoms with Crippen LogP contribution >= 0.6 is 15.9 Å². The molecule has 0 spiro atoms. The lowest BCUT2D eigenvalue weighted by Gasteiger charge is -2.27. The van der Waals surface area contributed by atoms with E-state index < -0.39 is 17.5 Å². The second-order valence-electron chi connectivity index (χ2n) is 4.30. The minimum atomic E-state index is -1.40. The van der Waals surface area contributed by atoms with Crippen molar-refractivity contribution in [2.75, 3.05) is 32.7 Å². The molecule has 1 aliphatic heterocycles. The molecule has 0 unspecified atom stereocenters. The number of rotatable bonds is 3. The van der Waals surface area contributed by atoms with Crippen molar-refractivity contribution < 1.29 is 13.2 Å². The van der Waals surface area contributed by atoms with Gasteiger partial charge in [0.15, 0.2) is 17.5 Å². The summed E-state index contributed by atoms with van der Waals surface area (Å²) < 4.78 is 39.8. The van der Waals surface area contributed by atoms with Crippen molar-refractivity contribution >= 4 is 15.9 Å². The number of benzene rings is 1. The molecule has 1 aromatic rings. The lowest BCUT2D eigenvalue weighted by molar-refractivity contribution is 0.242. The van der Waals surface area contributed by atoms with Gasteiger partial charge in [-0.2, -0.15) is 0 Å². The fourth-order valence-electron chi connectivity index (χ4n) is 2.02. The van der Waals surface area contributed by atoms with Crippen molar-refractivity contribution in [1.82, 2.24) is 10.2 Å². The first kappa shape index (κ1) is 13.8. The van der Waals surface area contributed by atoms with Crippen molar-refractivity contribution in [3.63, 3.8) is 0 Å². The smallest absolute Gasteiger partial charge is 0.195 e. The first-order valence-electron chi connectivity index (χ1n) is 5.84. The zero-order chi connectivity index (χ0) is 13.1. The maximum Gasteiger partial charge on any atom is 0.195 e. The molecule has 1 heterocycles. The van der Waals surface area contributed by atoms with Crippen LogP contribution in [-0.2, 0) is 6.42 Å². The van der Waals surface area contributed by atoms with E-state index in [2.05, 4.69) is 26.1 Å². The summed E-state index contributed by atoms with van der Waals surface area (Å²) in [7, 11) is 0. The van der Waals surface area contributed by atoms with Gasteiger partial charge < -0.3 is 10.2 Å². The molecule has 1 aliphatic rings. The van der Waals surface area contributed by atoms with E-state index >= 15 is 0 Å². The van der Waals surface area contributed by atoms with E-state index in [1.165, 1.54) is 6.07 Å². The lowest BCUT2D eigenvalue weighted by atomic mass is 10.1. The molecular weight excluding hydrogens is 309 g/mol. The number of hydrogen-bond donors (Lipinski definition) is 1. The Hall–Kier alpha value is -0.590. The van der Waals surface area contributed by atoms with Crippen LogP contribution in [0.5, 0.6) is 0 Å². The third kappa shape index (κ3) is 3.05. The summed E-state index contributed by atoms with van der Waals surface area (Å²) in [6.07, 6.45) is 0.377. The summed E-state index contributed by atoms with van der Waals surface area (Å²) >= 11 is 2.89. The van der Waals surface area contributed by atoms with Gasteiger partial charge in [0.25, 0.3) is 0 Å². The summed E-state index contributed by atoms with van der Waals surface area (Å²) in [4.78, 5) is 2.17. The van der Waals surface area contributed by atoms with Crippen LogP contribution in [0.4, 0.5) is 13.2 Å². The Bertz CT molecular complexity index is 434. The van der Waals surface area contributed by atoms with Crippen LogP contribution in [-0.4, -0.2) is 37.6 Å². The van der Waals surface area contributed by atoms with Gasteiger partial charge in [-0.15, -0.1) is 0 Å². The van der Waals surface area contributed by atoms with Crippen molar-refractivity contribution in [1.29, 1.82) is 0 Å². The van der Waals surface area contributed by atoms with Crippen molar-refractivity contribution in [3.8, 4) is 0 Å². The molecule has 18 heavy (non-hydrogen) atoms. The van der Waals surface area contributed by atoms with Crippen LogP contribution in [0.15, 0.2) is 10.5 Å². The maximum atomic E-state index is 13.5. The zero-order valence-electron chi connectivity index (χ0n) is 9.78. The Morgan fingerprint density at radius 3 is 2.44 bits per heavy atom. The summed E-state index contributed by atoms with van der Waals surface area (Å²) in [5, 5.41) is 3.22. The molecule has 0 bridgehead atoms. The first-order valence-corrected chi connectivity index (χ1v) is 6.64. The van der Waals surface area contributed by atoms with E-state index in [0.29, 0.717) is 13.0 Å². The van der Waals surface area contributed by atoms with Gasteiger partial charge in [-0.3, -0.25) is 0 Å². The number of nitrogens with zero attached hydrogens (tertiary/aromatic N) is 1. The normalized spacial score (nSPS) is 17.1. The van der Waals surface area contributed by atoms with Gasteiger partial charge in [0.05, 0.1) is 4.47 Å². The highest BCUT2D eigenvalue weighted by molar-refractivity contribution is 9.10. The van der Waals surface area contributed by atoms with Crippen LogP contribution < -0.4 is 5.32 Å². The molecule has 2 rings (SSSR count). The van der Waals surface area contributed by atoms with E-state index in [0.717, 1.165) is 26.2 Å². The average molecular weight is 323 g/mol. The summed E-state index contributed by atoms with van der Waals surface area (Å²) in [5.41, 5.74) is 0.208. The van der Waals surface area contributed by atoms with Gasteiger partial charge in [-0.1, -0.05) is 0 Å². The molecule has 1 fully saturated rings. The SMILES string of the molecule is Fc1c(Br)cc(CCN2CCNCC2)c(F)c1F. The Morgan fingerprint density at radius 1 is 1.11 bits per heavy atom. The molecule has 1 saturated heterocycles. The quantitative estimate of drug-likeness (QED) is 0.678. The minimum Gasteiger partial charge on any atom is -0.314 e. The largest absolute Gasteiger partial charge is 0.314 e. The Kier molecular flexibility index (Phi) is 4.64. The predicted octanol–water partition coefficient (Wildman–Crippen LogP) is 2.31. The van der Waals surface area contributed by atoms with Crippen molar-refractivity contribution in [2.24, 2.45) is 0 Å². The summed E-state index contributed by atoms with van der Waals surface area (Å²) in [5.74, 6) is -3.65. The number of nitrogens with one attached hydrogen (secondary N) is 1. The minimum absolute atomic E-state index is 0.0308. The zero-order valence-corrected chi connectivity index (χ0v) is 11.4. The topological polar surface area (TPSA) is 15.3 Å². The van der Waals surface area contributed by atoms with Gasteiger partial charge >= 0.3 is 0 Å². The van der Waals surface area contributed by atoms with E-state index in [1.807, 2.05) is 0 Å². The second-order valence-corrected chi connectivity index (χ2v) is 5.16. The third-order valence-corrected chi connectivity index (χ3v) is 3.66. The molecular formula is C12H14BrF3N2.